The molecule has 0 aliphatic heterocycles. The minimum absolute atomic E-state index is 0.0782. The molecule has 0 spiro atoms. The average molecular weight is 317 g/mol. The number of hydrogen-bond acceptors (Lipinski definition) is 3. The molecule has 1 N–H and O–H groups in total. The molecule has 0 atom stereocenters. The van der Waals surface area contributed by atoms with Crippen molar-refractivity contribution in [3.63, 3.8) is 0 Å². The SMILES string of the molecule is COc1ccc(CC(=O)NCCc2cc(F)ccc2OC)cc1. The third kappa shape index (κ3) is 4.98. The van der Waals surface area contributed by atoms with Crippen LogP contribution in [0.15, 0.2) is 42.5 Å². The van der Waals surface area contributed by atoms with Crippen LogP contribution in [-0.2, 0) is 17.6 Å². The first-order valence-electron chi connectivity index (χ1n) is 7.34. The van der Waals surface area contributed by atoms with E-state index in [9.17, 15) is 9.18 Å². The maximum Gasteiger partial charge on any atom is 0.224 e. The molecule has 0 aromatic heterocycles. The second kappa shape index (κ2) is 8.17. The average Bonchev–Trinajstić information content (AvgIpc) is 2.56. The Morgan fingerprint density at radius 3 is 2.48 bits per heavy atom. The molecular formula is C18H20FNO3. The van der Waals surface area contributed by atoms with E-state index in [0.717, 1.165) is 16.9 Å². The molecule has 5 heteroatoms. The van der Waals surface area contributed by atoms with Crippen LogP contribution in [0.5, 0.6) is 11.5 Å². The smallest absolute Gasteiger partial charge is 0.224 e. The number of halogens is 1. The first-order valence-corrected chi connectivity index (χ1v) is 7.34. The molecule has 0 saturated carbocycles. The van der Waals surface area contributed by atoms with Gasteiger partial charge in [0.2, 0.25) is 5.91 Å². The summed E-state index contributed by atoms with van der Waals surface area (Å²) in [7, 11) is 3.14. The van der Waals surface area contributed by atoms with Gasteiger partial charge in [0.15, 0.2) is 0 Å². The molecule has 1 amide bonds. The molecule has 0 unspecified atom stereocenters. The number of amides is 1. The summed E-state index contributed by atoms with van der Waals surface area (Å²) in [5.74, 6) is 0.985. The third-order valence-corrected chi connectivity index (χ3v) is 3.48. The van der Waals surface area contributed by atoms with E-state index in [1.54, 1.807) is 20.3 Å². The molecule has 0 radical (unpaired) electrons. The maximum absolute atomic E-state index is 13.3. The number of carbonyl (C=O) groups excluding carboxylic acids is 1. The molecular weight excluding hydrogens is 297 g/mol. The Balaban J connectivity index is 1.83. The van der Waals surface area contributed by atoms with Crippen LogP contribution in [0, 0.1) is 5.82 Å². The maximum atomic E-state index is 13.3. The molecule has 2 aromatic rings. The van der Waals surface area contributed by atoms with Crippen molar-refractivity contribution < 1.29 is 18.7 Å². The lowest BCUT2D eigenvalue weighted by Crippen LogP contribution is -2.27. The van der Waals surface area contributed by atoms with Crippen LogP contribution < -0.4 is 14.8 Å². The summed E-state index contributed by atoms with van der Waals surface area (Å²) >= 11 is 0. The van der Waals surface area contributed by atoms with Crippen LogP contribution in [0.2, 0.25) is 0 Å². The molecule has 23 heavy (non-hydrogen) atoms. The number of carbonyl (C=O) groups is 1. The number of methoxy groups -OCH3 is 2. The zero-order valence-electron chi connectivity index (χ0n) is 13.3. The first-order chi connectivity index (χ1) is 11.1. The highest BCUT2D eigenvalue weighted by Gasteiger charge is 2.07. The van der Waals surface area contributed by atoms with Crippen molar-refractivity contribution in [3.05, 3.63) is 59.4 Å². The van der Waals surface area contributed by atoms with E-state index in [2.05, 4.69) is 5.32 Å². The fourth-order valence-corrected chi connectivity index (χ4v) is 2.27. The molecule has 4 nitrogen and oxygen atoms in total. The lowest BCUT2D eigenvalue weighted by Gasteiger charge is -2.10. The molecule has 0 saturated heterocycles. The third-order valence-electron chi connectivity index (χ3n) is 3.48. The second-order valence-corrected chi connectivity index (χ2v) is 5.08. The van der Waals surface area contributed by atoms with Crippen molar-refractivity contribution >= 4 is 5.91 Å². The summed E-state index contributed by atoms with van der Waals surface area (Å²) < 4.78 is 23.5. The summed E-state index contributed by atoms with van der Waals surface area (Å²) in [5, 5.41) is 2.83. The van der Waals surface area contributed by atoms with Gasteiger partial charge in [-0.05, 0) is 47.9 Å². The summed E-state index contributed by atoms with van der Waals surface area (Å²) in [6.45, 7) is 0.425. The molecule has 0 aliphatic carbocycles. The summed E-state index contributed by atoms with van der Waals surface area (Å²) in [4.78, 5) is 11.9. The number of nitrogens with one attached hydrogen (secondary N) is 1. The van der Waals surface area contributed by atoms with Gasteiger partial charge in [-0.2, -0.15) is 0 Å². The highest BCUT2D eigenvalue weighted by atomic mass is 19.1. The lowest BCUT2D eigenvalue weighted by atomic mass is 10.1. The summed E-state index contributed by atoms with van der Waals surface area (Å²) in [6.07, 6.45) is 0.805. The monoisotopic (exact) mass is 317 g/mol. The fourth-order valence-electron chi connectivity index (χ4n) is 2.27. The van der Waals surface area contributed by atoms with Gasteiger partial charge in [0, 0.05) is 6.54 Å². The quantitative estimate of drug-likeness (QED) is 0.854. The minimum atomic E-state index is -0.314. The van der Waals surface area contributed by atoms with Gasteiger partial charge in [0.1, 0.15) is 17.3 Å². The van der Waals surface area contributed by atoms with E-state index in [1.165, 1.54) is 12.1 Å². The van der Waals surface area contributed by atoms with Crippen LogP contribution in [-0.4, -0.2) is 26.7 Å². The topological polar surface area (TPSA) is 47.6 Å². The predicted molar refractivity (Wildman–Crippen MR) is 86.4 cm³/mol. The molecule has 0 fully saturated rings. The van der Waals surface area contributed by atoms with Gasteiger partial charge >= 0.3 is 0 Å². The van der Waals surface area contributed by atoms with Crippen molar-refractivity contribution in [2.24, 2.45) is 0 Å². The van der Waals surface area contributed by atoms with E-state index < -0.39 is 0 Å². The van der Waals surface area contributed by atoms with Crippen LogP contribution >= 0.6 is 0 Å². The van der Waals surface area contributed by atoms with Crippen molar-refractivity contribution in [2.75, 3.05) is 20.8 Å². The van der Waals surface area contributed by atoms with Gasteiger partial charge in [0.05, 0.1) is 20.6 Å². The molecule has 122 valence electrons. The fraction of sp³-hybridized carbons (Fsp3) is 0.278. The van der Waals surface area contributed by atoms with Crippen LogP contribution in [0.4, 0.5) is 4.39 Å². The molecule has 0 aliphatic rings. The van der Waals surface area contributed by atoms with Gasteiger partial charge in [-0.3, -0.25) is 4.79 Å². The highest BCUT2D eigenvalue weighted by molar-refractivity contribution is 5.78. The number of ether oxygens (including phenoxy) is 2. The Bertz CT molecular complexity index is 656. The van der Waals surface area contributed by atoms with E-state index in [4.69, 9.17) is 9.47 Å². The molecule has 0 bridgehead atoms. The van der Waals surface area contributed by atoms with Crippen molar-refractivity contribution in [1.29, 1.82) is 0 Å². The number of benzene rings is 2. The van der Waals surface area contributed by atoms with E-state index in [-0.39, 0.29) is 11.7 Å². The van der Waals surface area contributed by atoms with Crippen LogP contribution in [0.1, 0.15) is 11.1 Å². The highest BCUT2D eigenvalue weighted by Crippen LogP contribution is 2.19. The van der Waals surface area contributed by atoms with Gasteiger partial charge in [-0.25, -0.2) is 4.39 Å². The Morgan fingerprint density at radius 2 is 1.83 bits per heavy atom. The Morgan fingerprint density at radius 1 is 1.09 bits per heavy atom. The van der Waals surface area contributed by atoms with Gasteiger partial charge in [0.25, 0.3) is 0 Å². The lowest BCUT2D eigenvalue weighted by molar-refractivity contribution is -0.120. The van der Waals surface area contributed by atoms with Gasteiger partial charge in [-0.1, -0.05) is 12.1 Å². The van der Waals surface area contributed by atoms with Crippen molar-refractivity contribution in [1.82, 2.24) is 5.32 Å². The summed E-state index contributed by atoms with van der Waals surface area (Å²) in [5.41, 5.74) is 1.64. The minimum Gasteiger partial charge on any atom is -0.497 e. The van der Waals surface area contributed by atoms with Crippen LogP contribution in [0.3, 0.4) is 0 Å². The van der Waals surface area contributed by atoms with Gasteiger partial charge in [-0.15, -0.1) is 0 Å². The summed E-state index contributed by atoms with van der Waals surface area (Å²) in [6, 6.07) is 11.7. The standard InChI is InChI=1S/C18H20FNO3/c1-22-16-6-3-13(4-7-16)11-18(21)20-10-9-14-12-15(19)5-8-17(14)23-2/h3-8,12H,9-11H2,1-2H3,(H,20,21). The number of hydrogen-bond donors (Lipinski definition) is 1. The van der Waals surface area contributed by atoms with Gasteiger partial charge < -0.3 is 14.8 Å². The Labute approximate surface area is 135 Å². The normalized spacial score (nSPS) is 10.2. The molecule has 2 rings (SSSR count). The largest absolute Gasteiger partial charge is 0.497 e. The molecule has 0 heterocycles. The van der Waals surface area contributed by atoms with Crippen LogP contribution in [0.25, 0.3) is 0 Å². The number of rotatable bonds is 7. The van der Waals surface area contributed by atoms with E-state index in [0.29, 0.717) is 25.1 Å². The first kappa shape index (κ1) is 16.8. The zero-order valence-corrected chi connectivity index (χ0v) is 13.3. The van der Waals surface area contributed by atoms with Crippen molar-refractivity contribution in [3.8, 4) is 11.5 Å². The Hall–Kier alpha value is -2.56. The second-order valence-electron chi connectivity index (χ2n) is 5.08. The predicted octanol–water partition coefficient (Wildman–Crippen LogP) is 2.74. The van der Waals surface area contributed by atoms with Crippen molar-refractivity contribution in [2.45, 2.75) is 12.8 Å². The zero-order chi connectivity index (χ0) is 16.7. The van der Waals surface area contributed by atoms with E-state index >= 15 is 0 Å². The Kier molecular flexibility index (Phi) is 5.97. The van der Waals surface area contributed by atoms with E-state index in [1.807, 2.05) is 24.3 Å². The molecule has 2 aromatic carbocycles.